The van der Waals surface area contributed by atoms with Crippen molar-refractivity contribution in [2.24, 2.45) is 0 Å². The Morgan fingerprint density at radius 3 is 2.52 bits per heavy atom. The van der Waals surface area contributed by atoms with Crippen LogP contribution in [0.2, 0.25) is 0 Å². The van der Waals surface area contributed by atoms with Crippen molar-refractivity contribution in [1.82, 2.24) is 4.98 Å². The molecular weight excluding hydrogens is 524 g/mol. The second-order valence-electron chi connectivity index (χ2n) is 9.40. The van der Waals surface area contributed by atoms with E-state index in [1.807, 2.05) is 66.7 Å². The van der Waals surface area contributed by atoms with Gasteiger partial charge in [0.2, 0.25) is 0 Å². The molecule has 1 N–H and O–H groups in total. The van der Waals surface area contributed by atoms with Crippen LogP contribution in [0.5, 0.6) is 11.5 Å². The summed E-state index contributed by atoms with van der Waals surface area (Å²) in [6.07, 6.45) is 6.23. The topological polar surface area (TPSA) is 89.0 Å². The number of hydrogen-bond donors (Lipinski definition) is 1. The van der Waals surface area contributed by atoms with E-state index in [0.717, 1.165) is 29.5 Å². The molecule has 1 aromatic heterocycles. The highest BCUT2D eigenvalue weighted by atomic mass is 32.1. The van der Waals surface area contributed by atoms with E-state index < -0.39 is 23.5 Å². The van der Waals surface area contributed by atoms with E-state index in [9.17, 15) is 14.7 Å². The van der Waals surface area contributed by atoms with Crippen LogP contribution in [-0.4, -0.2) is 35.5 Å². The van der Waals surface area contributed by atoms with Gasteiger partial charge in [0.15, 0.2) is 16.7 Å². The molecule has 1 amide bonds. The van der Waals surface area contributed by atoms with Gasteiger partial charge in [0.1, 0.15) is 11.5 Å². The summed E-state index contributed by atoms with van der Waals surface area (Å²) in [7, 11) is 1.59. The van der Waals surface area contributed by atoms with Gasteiger partial charge in [-0.15, -0.1) is 0 Å². The molecule has 0 radical (unpaired) electrons. The first-order valence-corrected chi connectivity index (χ1v) is 14.0. The molecule has 0 saturated carbocycles. The molecule has 0 fully saturated rings. The van der Waals surface area contributed by atoms with Crippen molar-refractivity contribution in [2.75, 3.05) is 18.6 Å². The van der Waals surface area contributed by atoms with Gasteiger partial charge in [-0.2, -0.15) is 0 Å². The molecule has 1 unspecified atom stereocenters. The number of carbonyl (C=O) groups is 2. The number of hydrogen-bond acceptors (Lipinski definition) is 7. The maximum atomic E-state index is 13.5. The number of aliphatic hydroxyl groups is 1. The molecule has 1 atom stereocenters. The number of amides is 1. The number of fused-ring (bicyclic) bond motifs is 1. The van der Waals surface area contributed by atoms with E-state index in [4.69, 9.17) is 9.47 Å². The fourth-order valence-corrected chi connectivity index (χ4v) is 5.63. The lowest BCUT2D eigenvalue weighted by Gasteiger charge is -2.24. The average Bonchev–Trinajstić information content (AvgIpc) is 3.52. The van der Waals surface area contributed by atoms with Gasteiger partial charge in [0, 0.05) is 0 Å². The molecule has 0 bridgehead atoms. The number of anilines is 1. The zero-order chi connectivity index (χ0) is 28.1. The van der Waals surface area contributed by atoms with Gasteiger partial charge in [0.05, 0.1) is 35.5 Å². The summed E-state index contributed by atoms with van der Waals surface area (Å²) < 4.78 is 12.0. The Bertz CT molecular complexity index is 1570. The van der Waals surface area contributed by atoms with Crippen molar-refractivity contribution in [3.05, 3.63) is 101 Å². The van der Waals surface area contributed by atoms with Gasteiger partial charge in [-0.05, 0) is 54.0 Å². The first-order chi connectivity index (χ1) is 19.5. The van der Waals surface area contributed by atoms with Crippen molar-refractivity contribution in [3.63, 3.8) is 0 Å². The first-order valence-electron chi connectivity index (χ1n) is 13.2. The van der Waals surface area contributed by atoms with Crippen LogP contribution in [0.15, 0.2) is 90.2 Å². The molecule has 204 valence electrons. The van der Waals surface area contributed by atoms with Gasteiger partial charge in [0.25, 0.3) is 5.91 Å². The fourth-order valence-electron chi connectivity index (χ4n) is 4.61. The maximum absolute atomic E-state index is 13.5. The molecule has 5 rings (SSSR count). The second-order valence-corrected chi connectivity index (χ2v) is 10.4. The van der Waals surface area contributed by atoms with Crippen molar-refractivity contribution < 1.29 is 24.2 Å². The second kappa shape index (κ2) is 12.2. The number of unbranched alkanes of at least 4 members (excludes halogenated alkanes) is 2. The third-order valence-corrected chi connectivity index (χ3v) is 7.72. The Balaban J connectivity index is 1.52. The summed E-state index contributed by atoms with van der Waals surface area (Å²) in [5.74, 6) is -0.334. The predicted molar refractivity (Wildman–Crippen MR) is 158 cm³/mol. The van der Waals surface area contributed by atoms with Crippen LogP contribution in [0, 0.1) is 0 Å². The summed E-state index contributed by atoms with van der Waals surface area (Å²) in [5.41, 5.74) is 2.18. The molecular formula is C32H30N2O5S. The first kappa shape index (κ1) is 27.1. The SMILES string of the molecule is CCCCCOc1ccc(C2C(C(=O)/C=C/c3ccccc3)=C(O)C(=O)N2c2nc3ccc(OC)cc3s2)cc1. The smallest absolute Gasteiger partial charge is 0.296 e. The number of ketones is 1. The fraction of sp³-hybridized carbons (Fsp3) is 0.219. The predicted octanol–water partition coefficient (Wildman–Crippen LogP) is 7.06. The zero-order valence-corrected chi connectivity index (χ0v) is 23.2. The molecule has 4 aromatic rings. The molecule has 8 heteroatoms. The molecule has 3 aromatic carbocycles. The number of carbonyl (C=O) groups excluding carboxylic acids is 2. The lowest BCUT2D eigenvalue weighted by atomic mass is 9.95. The Morgan fingerprint density at radius 2 is 1.80 bits per heavy atom. The van der Waals surface area contributed by atoms with Crippen molar-refractivity contribution in [1.29, 1.82) is 0 Å². The van der Waals surface area contributed by atoms with Crippen LogP contribution in [-0.2, 0) is 9.59 Å². The number of nitrogens with zero attached hydrogens (tertiary/aromatic N) is 2. The van der Waals surface area contributed by atoms with Gasteiger partial charge in [-0.25, -0.2) is 4.98 Å². The Morgan fingerprint density at radius 1 is 1.05 bits per heavy atom. The average molecular weight is 555 g/mol. The van der Waals surface area contributed by atoms with Gasteiger partial charge < -0.3 is 14.6 Å². The zero-order valence-electron chi connectivity index (χ0n) is 22.4. The van der Waals surface area contributed by atoms with Crippen LogP contribution in [0.4, 0.5) is 5.13 Å². The van der Waals surface area contributed by atoms with E-state index in [2.05, 4.69) is 11.9 Å². The van der Waals surface area contributed by atoms with Crippen molar-refractivity contribution in [3.8, 4) is 11.5 Å². The third kappa shape index (κ3) is 5.62. The molecule has 0 spiro atoms. The summed E-state index contributed by atoms with van der Waals surface area (Å²) >= 11 is 1.29. The number of aliphatic hydroxyl groups excluding tert-OH is 1. The molecule has 1 aliphatic rings. The van der Waals surface area contributed by atoms with Crippen molar-refractivity contribution >= 4 is 44.5 Å². The highest BCUT2D eigenvalue weighted by molar-refractivity contribution is 7.22. The number of methoxy groups -OCH3 is 1. The number of aromatic nitrogens is 1. The molecule has 7 nitrogen and oxygen atoms in total. The number of thiazole rings is 1. The monoisotopic (exact) mass is 554 g/mol. The van der Waals surface area contributed by atoms with Crippen LogP contribution in [0.3, 0.4) is 0 Å². The van der Waals surface area contributed by atoms with Gasteiger partial charge in [-0.3, -0.25) is 14.5 Å². The van der Waals surface area contributed by atoms with Crippen LogP contribution >= 0.6 is 11.3 Å². The molecule has 0 aliphatic carbocycles. The van der Waals surface area contributed by atoms with E-state index in [-0.39, 0.29) is 5.57 Å². The number of ether oxygens (including phenoxy) is 2. The Kier molecular flexibility index (Phi) is 8.26. The molecule has 2 heterocycles. The highest BCUT2D eigenvalue weighted by Gasteiger charge is 2.45. The lowest BCUT2D eigenvalue weighted by molar-refractivity contribution is -0.117. The Labute approximate surface area is 237 Å². The minimum atomic E-state index is -0.864. The number of benzene rings is 3. The largest absolute Gasteiger partial charge is 0.503 e. The Hall–Kier alpha value is -4.43. The summed E-state index contributed by atoms with van der Waals surface area (Å²) in [5, 5.41) is 11.4. The number of allylic oxidation sites excluding steroid dienone is 1. The highest BCUT2D eigenvalue weighted by Crippen LogP contribution is 2.44. The number of rotatable bonds is 11. The quantitative estimate of drug-likeness (QED) is 0.158. The normalized spacial score (nSPS) is 15.4. The van der Waals surface area contributed by atoms with Crippen LogP contribution in [0.1, 0.15) is 43.4 Å². The minimum absolute atomic E-state index is 0.00521. The minimum Gasteiger partial charge on any atom is -0.503 e. The van der Waals surface area contributed by atoms with Crippen LogP contribution < -0.4 is 14.4 Å². The van der Waals surface area contributed by atoms with E-state index >= 15 is 0 Å². The van der Waals surface area contributed by atoms with E-state index in [1.54, 1.807) is 19.3 Å². The summed E-state index contributed by atoms with van der Waals surface area (Å²) in [4.78, 5) is 33.1. The molecule has 40 heavy (non-hydrogen) atoms. The van der Waals surface area contributed by atoms with Crippen LogP contribution in [0.25, 0.3) is 16.3 Å². The molecule has 0 saturated heterocycles. The van der Waals surface area contributed by atoms with E-state index in [1.165, 1.54) is 22.3 Å². The maximum Gasteiger partial charge on any atom is 0.296 e. The molecule has 1 aliphatic heterocycles. The van der Waals surface area contributed by atoms with Gasteiger partial charge in [-0.1, -0.05) is 79.6 Å². The third-order valence-electron chi connectivity index (χ3n) is 6.70. The van der Waals surface area contributed by atoms with E-state index in [0.29, 0.717) is 34.3 Å². The lowest BCUT2D eigenvalue weighted by Crippen LogP contribution is -2.30. The van der Waals surface area contributed by atoms with Crippen molar-refractivity contribution in [2.45, 2.75) is 32.2 Å². The summed E-state index contributed by atoms with van der Waals surface area (Å²) in [6, 6.07) is 21.3. The standard InChI is InChI=1S/C32H30N2O5S/c1-3-4-8-19-39-23-14-12-22(13-15-23)29-28(26(35)18-11-21-9-6-5-7-10-21)30(36)31(37)34(29)32-33-25-17-16-24(38-2)20-27(25)40-32/h5-7,9-18,20,29,36H,3-4,8,19H2,1-2H3/b18-11+. The summed E-state index contributed by atoms with van der Waals surface area (Å²) in [6.45, 7) is 2.76. The van der Waals surface area contributed by atoms with Gasteiger partial charge >= 0.3 is 0 Å².